The van der Waals surface area contributed by atoms with Crippen LogP contribution in [0, 0.1) is 0 Å². The van der Waals surface area contributed by atoms with Gasteiger partial charge in [0.2, 0.25) is 5.91 Å². The second kappa shape index (κ2) is 1.90. The van der Waals surface area contributed by atoms with Crippen LogP contribution in [0.15, 0.2) is 0 Å². The molecule has 50 valence electrons. The minimum absolute atomic E-state index is 0.354. The van der Waals surface area contributed by atoms with Crippen LogP contribution in [0.5, 0.6) is 0 Å². The van der Waals surface area contributed by atoms with Crippen molar-refractivity contribution in [3.05, 3.63) is 0 Å². The average Bonchev–Trinajstić information content (AvgIpc) is 1.86. The maximum absolute atomic E-state index is 10.8. The third-order valence-electron chi connectivity index (χ3n) is 1.87. The SMILES string of the molecule is O=C1C[C@H]2SCCCN12. The molecular weight excluding hydrogens is 134 g/mol. The van der Waals surface area contributed by atoms with E-state index >= 15 is 0 Å². The molecule has 0 aromatic heterocycles. The fraction of sp³-hybridized carbons (Fsp3) is 0.833. The largest absolute Gasteiger partial charge is 0.330 e. The smallest absolute Gasteiger partial charge is 0.226 e. The summed E-state index contributed by atoms with van der Waals surface area (Å²) >= 11 is 1.92. The quantitative estimate of drug-likeness (QED) is 0.465. The molecular formula is C6H9NOS. The topological polar surface area (TPSA) is 20.3 Å². The summed E-state index contributed by atoms with van der Waals surface area (Å²) in [6.07, 6.45) is 1.98. The molecule has 2 nitrogen and oxygen atoms in total. The fourth-order valence-electron chi connectivity index (χ4n) is 1.30. The van der Waals surface area contributed by atoms with Gasteiger partial charge in [0, 0.05) is 6.54 Å². The highest BCUT2D eigenvalue weighted by molar-refractivity contribution is 8.00. The Bertz CT molecular complexity index is 148. The Morgan fingerprint density at radius 3 is 3.11 bits per heavy atom. The van der Waals surface area contributed by atoms with Gasteiger partial charge in [0.05, 0.1) is 11.8 Å². The molecule has 1 atom stereocenters. The highest BCUT2D eigenvalue weighted by Crippen LogP contribution is 2.33. The van der Waals surface area contributed by atoms with Gasteiger partial charge < -0.3 is 4.90 Å². The lowest BCUT2D eigenvalue weighted by molar-refractivity contribution is -0.141. The van der Waals surface area contributed by atoms with Crippen LogP contribution in [0.25, 0.3) is 0 Å². The number of hydrogen-bond acceptors (Lipinski definition) is 2. The number of hydrogen-bond donors (Lipinski definition) is 0. The van der Waals surface area contributed by atoms with Crippen molar-refractivity contribution in [1.82, 2.24) is 4.90 Å². The van der Waals surface area contributed by atoms with Crippen molar-refractivity contribution < 1.29 is 4.79 Å². The van der Waals surface area contributed by atoms with Crippen LogP contribution in [0.3, 0.4) is 0 Å². The van der Waals surface area contributed by atoms with Gasteiger partial charge in [-0.2, -0.15) is 0 Å². The van der Waals surface area contributed by atoms with Crippen LogP contribution in [-0.4, -0.2) is 28.5 Å². The summed E-state index contributed by atoms with van der Waals surface area (Å²) in [6.45, 7) is 1.01. The summed E-state index contributed by atoms with van der Waals surface area (Å²) in [5, 5.41) is 0.561. The lowest BCUT2D eigenvalue weighted by Gasteiger charge is -2.43. The molecule has 2 aliphatic rings. The van der Waals surface area contributed by atoms with E-state index in [4.69, 9.17) is 0 Å². The first kappa shape index (κ1) is 5.59. The molecule has 0 spiro atoms. The van der Waals surface area contributed by atoms with E-state index in [-0.39, 0.29) is 0 Å². The number of carbonyl (C=O) groups is 1. The van der Waals surface area contributed by atoms with Crippen LogP contribution < -0.4 is 0 Å². The standard InChI is InChI=1S/C6H9NOS/c8-5-4-6-7(5)2-1-3-9-6/h6H,1-4H2/t6-/m1/s1. The fourth-order valence-corrected chi connectivity index (χ4v) is 2.53. The average molecular weight is 143 g/mol. The first-order chi connectivity index (χ1) is 4.38. The van der Waals surface area contributed by atoms with Crippen molar-refractivity contribution in [1.29, 1.82) is 0 Å². The molecule has 0 aromatic carbocycles. The molecule has 2 aliphatic heterocycles. The number of rotatable bonds is 0. The van der Waals surface area contributed by atoms with E-state index in [1.807, 2.05) is 16.7 Å². The first-order valence-corrected chi connectivity index (χ1v) is 4.34. The van der Waals surface area contributed by atoms with Crippen LogP contribution in [0.1, 0.15) is 12.8 Å². The monoisotopic (exact) mass is 143 g/mol. The predicted octanol–water partition coefficient (Wildman–Crippen LogP) is 0.682. The van der Waals surface area contributed by atoms with Gasteiger partial charge in [0.15, 0.2) is 0 Å². The van der Waals surface area contributed by atoms with E-state index in [0.29, 0.717) is 11.3 Å². The van der Waals surface area contributed by atoms with E-state index < -0.39 is 0 Å². The summed E-state index contributed by atoms with van der Waals surface area (Å²) in [5.74, 6) is 1.60. The number of β-lactam (4-membered cyclic amide) rings is 1. The zero-order chi connectivity index (χ0) is 6.27. The molecule has 0 unspecified atom stereocenters. The highest BCUT2D eigenvalue weighted by atomic mass is 32.2. The third-order valence-corrected chi connectivity index (χ3v) is 3.20. The second-order valence-electron chi connectivity index (χ2n) is 2.47. The summed E-state index contributed by atoms with van der Waals surface area (Å²) in [4.78, 5) is 12.8. The van der Waals surface area contributed by atoms with Crippen LogP contribution in [-0.2, 0) is 4.79 Å². The van der Waals surface area contributed by atoms with Crippen molar-refractivity contribution in [2.24, 2.45) is 0 Å². The van der Waals surface area contributed by atoms with Gasteiger partial charge in [0.25, 0.3) is 0 Å². The predicted molar refractivity (Wildman–Crippen MR) is 37.2 cm³/mol. The van der Waals surface area contributed by atoms with E-state index in [1.165, 1.54) is 12.2 Å². The number of thioether (sulfide) groups is 1. The minimum Gasteiger partial charge on any atom is -0.330 e. The number of carbonyl (C=O) groups excluding carboxylic acids is 1. The summed E-state index contributed by atoms with van der Waals surface area (Å²) < 4.78 is 0. The van der Waals surface area contributed by atoms with Crippen LogP contribution >= 0.6 is 11.8 Å². The van der Waals surface area contributed by atoms with Crippen molar-refractivity contribution in [3.63, 3.8) is 0 Å². The molecule has 3 heteroatoms. The molecule has 0 aromatic rings. The molecule has 0 N–H and O–H groups in total. The van der Waals surface area contributed by atoms with Crippen molar-refractivity contribution in [3.8, 4) is 0 Å². The Balaban J connectivity index is 2.01. The number of nitrogens with zero attached hydrogens (tertiary/aromatic N) is 1. The van der Waals surface area contributed by atoms with Crippen molar-refractivity contribution >= 4 is 17.7 Å². The zero-order valence-electron chi connectivity index (χ0n) is 5.17. The Kier molecular flexibility index (Phi) is 1.18. The van der Waals surface area contributed by atoms with Gasteiger partial charge in [0.1, 0.15) is 0 Å². The molecule has 9 heavy (non-hydrogen) atoms. The molecule has 1 amide bonds. The van der Waals surface area contributed by atoms with Gasteiger partial charge in [-0.3, -0.25) is 4.79 Å². The molecule has 0 aliphatic carbocycles. The van der Waals surface area contributed by atoms with Crippen molar-refractivity contribution in [2.75, 3.05) is 12.3 Å². The Hall–Kier alpha value is -0.180. The van der Waals surface area contributed by atoms with Crippen LogP contribution in [0.4, 0.5) is 0 Å². The maximum atomic E-state index is 10.8. The number of amides is 1. The lowest BCUT2D eigenvalue weighted by Crippen LogP contribution is -2.53. The third kappa shape index (κ3) is 0.748. The van der Waals surface area contributed by atoms with E-state index in [0.717, 1.165) is 13.0 Å². The molecule has 0 bridgehead atoms. The molecule has 2 heterocycles. The van der Waals surface area contributed by atoms with E-state index in [1.54, 1.807) is 0 Å². The van der Waals surface area contributed by atoms with Gasteiger partial charge in [-0.05, 0) is 12.2 Å². The Morgan fingerprint density at radius 1 is 1.67 bits per heavy atom. The molecule has 0 radical (unpaired) electrons. The van der Waals surface area contributed by atoms with E-state index in [2.05, 4.69) is 0 Å². The second-order valence-corrected chi connectivity index (χ2v) is 3.76. The van der Waals surface area contributed by atoms with Gasteiger partial charge in [-0.15, -0.1) is 11.8 Å². The number of fused-ring (bicyclic) bond motifs is 1. The highest BCUT2D eigenvalue weighted by Gasteiger charge is 2.37. The molecule has 2 rings (SSSR count). The van der Waals surface area contributed by atoms with Crippen LogP contribution in [0.2, 0.25) is 0 Å². The maximum Gasteiger partial charge on any atom is 0.226 e. The summed E-state index contributed by atoms with van der Waals surface area (Å²) in [7, 11) is 0. The molecule has 2 fully saturated rings. The lowest BCUT2D eigenvalue weighted by atomic mass is 10.2. The Labute approximate surface area is 58.6 Å². The molecule has 0 saturated carbocycles. The summed E-state index contributed by atoms with van der Waals surface area (Å²) in [6, 6.07) is 0. The Morgan fingerprint density at radius 2 is 2.56 bits per heavy atom. The molecule has 2 saturated heterocycles. The van der Waals surface area contributed by atoms with Gasteiger partial charge in [-0.25, -0.2) is 0 Å². The first-order valence-electron chi connectivity index (χ1n) is 3.29. The zero-order valence-corrected chi connectivity index (χ0v) is 5.99. The minimum atomic E-state index is 0.354. The van der Waals surface area contributed by atoms with Gasteiger partial charge in [-0.1, -0.05) is 0 Å². The van der Waals surface area contributed by atoms with Gasteiger partial charge >= 0.3 is 0 Å². The normalized spacial score (nSPS) is 33.6. The van der Waals surface area contributed by atoms with E-state index in [9.17, 15) is 4.79 Å². The summed E-state index contributed by atoms with van der Waals surface area (Å²) in [5.41, 5.74) is 0. The van der Waals surface area contributed by atoms with Crippen molar-refractivity contribution in [2.45, 2.75) is 18.2 Å².